The molecule has 1 atom stereocenters. The van der Waals surface area contributed by atoms with Gasteiger partial charge in [0.2, 0.25) is 11.1 Å². The summed E-state index contributed by atoms with van der Waals surface area (Å²) in [7, 11) is 0. The second kappa shape index (κ2) is 10.9. The van der Waals surface area contributed by atoms with E-state index in [9.17, 15) is 50.7 Å². The monoisotopic (exact) mass is 601 g/mol. The van der Waals surface area contributed by atoms with E-state index in [2.05, 4.69) is 20.5 Å². The topological polar surface area (TPSA) is 163 Å². The van der Waals surface area contributed by atoms with E-state index in [0.29, 0.717) is 23.9 Å². The molecule has 0 aliphatic carbocycles. The molecule has 0 aliphatic heterocycles. The van der Waals surface area contributed by atoms with Crippen molar-refractivity contribution in [1.82, 2.24) is 25.2 Å². The molecule has 3 N–H and O–H groups in total. The van der Waals surface area contributed by atoms with E-state index in [1.54, 1.807) is 0 Å². The molecule has 20 heteroatoms. The summed E-state index contributed by atoms with van der Waals surface area (Å²) in [5, 5.41) is 31.6. The Bertz CT molecular complexity index is 1450. The SMILES string of the molecule is CC(O)CCn1nnnc1Sc1c(C(N)=O)cc([N+](=O)[O-])cc1-c1ncc(C(F)(F)C(F)(F)C(F)(F)F)cc1F. The van der Waals surface area contributed by atoms with Crippen molar-refractivity contribution in [2.24, 2.45) is 5.73 Å². The number of non-ortho nitro benzene ring substituents is 1. The summed E-state index contributed by atoms with van der Waals surface area (Å²) in [6, 6.07) is 1.00. The van der Waals surface area contributed by atoms with E-state index in [-0.39, 0.29) is 30.4 Å². The molecule has 0 saturated carbocycles. The van der Waals surface area contributed by atoms with Crippen molar-refractivity contribution in [1.29, 1.82) is 0 Å². The molecule has 3 aromatic rings. The number of pyridine rings is 1. The number of hydrogen-bond acceptors (Lipinski definition) is 9. The molecule has 1 amide bonds. The normalized spacial score (nSPS) is 13.3. The third-order valence-electron chi connectivity index (χ3n) is 5.21. The summed E-state index contributed by atoms with van der Waals surface area (Å²) in [4.78, 5) is 25.5. The molecule has 0 spiro atoms. The van der Waals surface area contributed by atoms with E-state index in [1.165, 1.54) is 6.92 Å². The van der Waals surface area contributed by atoms with Crippen LogP contribution in [0.5, 0.6) is 0 Å². The number of hydrogen-bond donors (Lipinski definition) is 2. The van der Waals surface area contributed by atoms with Gasteiger partial charge >= 0.3 is 18.0 Å². The number of nitro groups is 1. The summed E-state index contributed by atoms with van der Waals surface area (Å²) in [5.74, 6) is -15.7. The van der Waals surface area contributed by atoms with Crippen LogP contribution in [0.1, 0.15) is 29.3 Å². The number of carbonyl (C=O) groups excluding carboxylic acids is 1. The molecular weight excluding hydrogens is 586 g/mol. The van der Waals surface area contributed by atoms with E-state index < -0.39 is 73.7 Å². The van der Waals surface area contributed by atoms with Crippen LogP contribution in [0.2, 0.25) is 0 Å². The Morgan fingerprint density at radius 3 is 2.38 bits per heavy atom. The molecule has 0 aliphatic rings. The van der Waals surface area contributed by atoms with Crippen LogP contribution in [0, 0.1) is 15.9 Å². The van der Waals surface area contributed by atoms with Gasteiger partial charge in [0, 0.05) is 40.9 Å². The summed E-state index contributed by atoms with van der Waals surface area (Å²) in [6.07, 6.45) is -7.52. The third-order valence-corrected chi connectivity index (χ3v) is 6.33. The van der Waals surface area contributed by atoms with Crippen LogP contribution in [0.3, 0.4) is 0 Å². The lowest BCUT2D eigenvalue weighted by Crippen LogP contribution is -2.50. The third kappa shape index (κ3) is 5.81. The first-order valence-electron chi connectivity index (χ1n) is 10.6. The molecule has 0 saturated heterocycles. The van der Waals surface area contributed by atoms with Gasteiger partial charge in [-0.15, -0.1) is 5.10 Å². The van der Waals surface area contributed by atoms with Crippen molar-refractivity contribution in [3.8, 4) is 11.3 Å². The van der Waals surface area contributed by atoms with Gasteiger partial charge in [0.1, 0.15) is 11.5 Å². The maximum atomic E-state index is 15.1. The number of amides is 1. The number of primary amides is 1. The minimum absolute atomic E-state index is 0.0189. The highest BCUT2D eigenvalue weighted by Gasteiger charge is 2.73. The summed E-state index contributed by atoms with van der Waals surface area (Å²) >= 11 is 0.494. The molecule has 3 rings (SSSR count). The molecule has 11 nitrogen and oxygen atoms in total. The minimum atomic E-state index is -6.70. The largest absolute Gasteiger partial charge is 0.460 e. The highest BCUT2D eigenvalue weighted by molar-refractivity contribution is 7.99. The zero-order chi connectivity index (χ0) is 30.2. The van der Waals surface area contributed by atoms with Gasteiger partial charge in [0.15, 0.2) is 0 Å². The number of nitrogens with zero attached hydrogens (tertiary/aromatic N) is 6. The fourth-order valence-electron chi connectivity index (χ4n) is 3.17. The number of alkyl halides is 7. The fourth-order valence-corrected chi connectivity index (χ4v) is 4.19. The first-order chi connectivity index (χ1) is 18.4. The van der Waals surface area contributed by atoms with Crippen molar-refractivity contribution < 1.29 is 49.9 Å². The van der Waals surface area contributed by atoms with Crippen molar-refractivity contribution >= 4 is 23.4 Å². The van der Waals surface area contributed by atoms with Crippen LogP contribution in [-0.4, -0.2) is 59.3 Å². The molecule has 1 aromatic carbocycles. The predicted molar refractivity (Wildman–Crippen MR) is 118 cm³/mol. The van der Waals surface area contributed by atoms with Gasteiger partial charge in [0.05, 0.1) is 16.6 Å². The van der Waals surface area contributed by atoms with Gasteiger partial charge < -0.3 is 10.8 Å². The highest BCUT2D eigenvalue weighted by atomic mass is 32.2. The van der Waals surface area contributed by atoms with Crippen molar-refractivity contribution in [3.63, 3.8) is 0 Å². The molecule has 0 radical (unpaired) electrons. The van der Waals surface area contributed by atoms with Gasteiger partial charge in [-0.2, -0.15) is 30.7 Å². The van der Waals surface area contributed by atoms with Crippen LogP contribution in [0.15, 0.2) is 34.4 Å². The Morgan fingerprint density at radius 2 is 1.85 bits per heavy atom. The maximum Gasteiger partial charge on any atom is 0.460 e. The quantitative estimate of drug-likeness (QED) is 0.198. The Balaban J connectivity index is 2.22. The van der Waals surface area contributed by atoms with Gasteiger partial charge in [-0.1, -0.05) is 0 Å². The van der Waals surface area contributed by atoms with Gasteiger partial charge in [0.25, 0.3) is 5.69 Å². The van der Waals surface area contributed by atoms with E-state index in [0.717, 1.165) is 4.68 Å². The molecule has 216 valence electrons. The average molecular weight is 601 g/mol. The van der Waals surface area contributed by atoms with Crippen LogP contribution in [0.4, 0.5) is 40.8 Å². The smallest absolute Gasteiger partial charge is 0.393 e. The second-order valence-corrected chi connectivity index (χ2v) is 9.09. The zero-order valence-electron chi connectivity index (χ0n) is 19.7. The maximum absolute atomic E-state index is 15.1. The lowest BCUT2D eigenvalue weighted by Gasteiger charge is -2.28. The van der Waals surface area contributed by atoms with Crippen LogP contribution < -0.4 is 5.73 Å². The minimum Gasteiger partial charge on any atom is -0.393 e. The van der Waals surface area contributed by atoms with Crippen molar-refractivity contribution in [3.05, 3.63) is 51.5 Å². The van der Waals surface area contributed by atoms with Gasteiger partial charge in [-0.05, 0) is 41.6 Å². The number of halogens is 8. The molecule has 0 bridgehead atoms. The molecule has 1 unspecified atom stereocenters. The number of aromatic nitrogens is 5. The number of nitrogens with two attached hydrogens (primary N) is 1. The molecule has 2 heterocycles. The summed E-state index contributed by atoms with van der Waals surface area (Å²) in [6.45, 7) is 1.48. The zero-order valence-corrected chi connectivity index (χ0v) is 20.5. The van der Waals surface area contributed by atoms with Crippen molar-refractivity contribution in [2.75, 3.05) is 0 Å². The number of rotatable bonds is 10. The number of carbonyl (C=O) groups is 1. The molecular formula is C20H15F8N7O4S. The number of aryl methyl sites for hydroxylation is 1. The van der Waals surface area contributed by atoms with Gasteiger partial charge in [-0.3, -0.25) is 19.9 Å². The summed E-state index contributed by atoms with van der Waals surface area (Å²) < 4.78 is 109. The van der Waals surface area contributed by atoms with Crippen LogP contribution >= 0.6 is 11.8 Å². The van der Waals surface area contributed by atoms with E-state index in [4.69, 9.17) is 5.73 Å². The van der Waals surface area contributed by atoms with Crippen LogP contribution in [0.25, 0.3) is 11.3 Å². The number of benzene rings is 1. The summed E-state index contributed by atoms with van der Waals surface area (Å²) in [5.41, 5.74) is 0.0352. The Kier molecular flexibility index (Phi) is 8.35. The second-order valence-electron chi connectivity index (χ2n) is 8.12. The number of aliphatic hydroxyl groups excluding tert-OH is 1. The van der Waals surface area contributed by atoms with Gasteiger partial charge in [-0.25, -0.2) is 9.07 Å². The molecule has 2 aromatic heterocycles. The Labute approximate surface area is 221 Å². The van der Waals surface area contributed by atoms with E-state index >= 15 is 4.39 Å². The standard InChI is InChI=1S/C20H15F8N7O4S/c1-8(36)2-3-34-17(31-32-33-34)40-15-11(5-10(35(38)39)6-12(15)16(29)37)14-13(21)4-9(7-30-14)18(22,23)19(24,25)20(26,27)28/h4-8,36H,2-3H2,1H3,(H2,29,37). The molecule has 0 fully saturated rings. The first-order valence-corrected chi connectivity index (χ1v) is 11.4. The fraction of sp³-hybridized carbons (Fsp3) is 0.350. The van der Waals surface area contributed by atoms with Crippen molar-refractivity contribution in [2.45, 2.75) is 54.1 Å². The lowest BCUT2D eigenvalue weighted by molar-refractivity contribution is -0.384. The average Bonchev–Trinajstić information content (AvgIpc) is 3.28. The number of nitro benzene ring substituents is 1. The van der Waals surface area contributed by atoms with Crippen LogP contribution in [-0.2, 0) is 12.5 Å². The predicted octanol–water partition coefficient (Wildman–Crippen LogP) is 4.09. The number of aliphatic hydroxyl groups is 1. The lowest BCUT2D eigenvalue weighted by atomic mass is 10.0. The van der Waals surface area contributed by atoms with E-state index in [1.807, 2.05) is 0 Å². The first kappa shape index (κ1) is 30.6. The Morgan fingerprint density at radius 1 is 1.20 bits per heavy atom. The number of tetrazole rings is 1. The molecule has 40 heavy (non-hydrogen) atoms. The Hall–Kier alpha value is -3.94. The highest BCUT2D eigenvalue weighted by Crippen LogP contribution is 2.52.